The molecule has 4 rings (SSSR count). The summed E-state index contributed by atoms with van der Waals surface area (Å²) >= 11 is 3.27. The van der Waals surface area contributed by atoms with E-state index in [2.05, 4.69) is 38.8 Å². The van der Waals surface area contributed by atoms with Crippen LogP contribution in [0, 0.1) is 13.8 Å². The minimum Gasteiger partial charge on any atom is -0.467 e. The molecule has 208 valence electrons. The molecule has 6 nitrogen and oxygen atoms in total. The zero-order valence-corrected chi connectivity index (χ0v) is 25.0. The van der Waals surface area contributed by atoms with E-state index in [0.29, 0.717) is 25.1 Å². The summed E-state index contributed by atoms with van der Waals surface area (Å²) in [7, 11) is 1.35. The average molecular weight is 574 g/mol. The number of carbonyl (C=O) groups excluding carboxylic acids is 2. The summed E-state index contributed by atoms with van der Waals surface area (Å²) in [6, 6.07) is 23.6. The molecule has 0 aliphatic rings. The maximum absolute atomic E-state index is 13.6. The van der Waals surface area contributed by atoms with Crippen molar-refractivity contribution in [1.82, 2.24) is 10.3 Å². The largest absolute Gasteiger partial charge is 0.467 e. The van der Waals surface area contributed by atoms with Crippen molar-refractivity contribution in [1.29, 1.82) is 0 Å². The number of nitrogens with one attached hydrogen (secondary N) is 1. The number of hydrogen-bond donors (Lipinski definition) is 1. The molecule has 8 heteroatoms. The minimum atomic E-state index is -0.704. The number of thioether (sulfide) groups is 1. The van der Waals surface area contributed by atoms with Crippen molar-refractivity contribution in [2.75, 3.05) is 24.0 Å². The number of ether oxygens (including phenoxy) is 1. The number of hydrogen-bond acceptors (Lipinski definition) is 7. The second-order valence-corrected chi connectivity index (χ2v) is 11.6. The third kappa shape index (κ3) is 7.52. The fraction of sp³-hybridized carbons (Fsp3) is 0.281. The fourth-order valence-electron chi connectivity index (χ4n) is 4.62. The second-order valence-electron chi connectivity index (χ2n) is 9.58. The van der Waals surface area contributed by atoms with Gasteiger partial charge in [0.2, 0.25) is 0 Å². The van der Waals surface area contributed by atoms with Crippen LogP contribution >= 0.6 is 23.1 Å². The van der Waals surface area contributed by atoms with Crippen LogP contribution in [0.1, 0.15) is 38.6 Å². The molecule has 0 saturated heterocycles. The normalized spacial score (nSPS) is 11.6. The van der Waals surface area contributed by atoms with Gasteiger partial charge in [-0.05, 0) is 78.8 Å². The van der Waals surface area contributed by atoms with E-state index in [0.717, 1.165) is 44.4 Å². The van der Waals surface area contributed by atoms with Gasteiger partial charge in [-0.2, -0.15) is 11.8 Å². The molecule has 0 saturated carbocycles. The van der Waals surface area contributed by atoms with E-state index >= 15 is 0 Å². The van der Waals surface area contributed by atoms with Crippen LogP contribution in [0.4, 0.5) is 5.69 Å². The molecule has 1 atom stereocenters. The summed E-state index contributed by atoms with van der Waals surface area (Å²) in [5.74, 6) is 0.00342. The Morgan fingerprint density at radius 3 is 2.42 bits per heavy atom. The summed E-state index contributed by atoms with van der Waals surface area (Å²) in [5, 5.41) is 6.07. The van der Waals surface area contributed by atoms with Crippen molar-refractivity contribution < 1.29 is 14.3 Å². The molecule has 0 radical (unpaired) electrons. The van der Waals surface area contributed by atoms with Gasteiger partial charge in [-0.3, -0.25) is 4.79 Å². The molecule has 0 bridgehead atoms. The van der Waals surface area contributed by atoms with Crippen LogP contribution in [0.3, 0.4) is 0 Å². The Bertz CT molecular complexity index is 1440. The maximum Gasteiger partial charge on any atom is 0.328 e. The van der Waals surface area contributed by atoms with Gasteiger partial charge in [0.15, 0.2) is 0 Å². The highest BCUT2D eigenvalue weighted by Crippen LogP contribution is 2.30. The van der Waals surface area contributed by atoms with Crippen LogP contribution in [0.15, 0.2) is 78.2 Å². The molecule has 1 heterocycles. The van der Waals surface area contributed by atoms with E-state index in [4.69, 9.17) is 4.74 Å². The minimum absolute atomic E-state index is 0.292. The summed E-state index contributed by atoms with van der Waals surface area (Å²) in [6.45, 7) is 5.37. The molecular formula is C32H35N3O3S2. The predicted molar refractivity (Wildman–Crippen MR) is 166 cm³/mol. The number of amides is 1. The number of aryl methyl sites for hydroxylation is 2. The highest BCUT2D eigenvalue weighted by atomic mass is 32.2. The van der Waals surface area contributed by atoms with Crippen molar-refractivity contribution in [3.8, 4) is 11.1 Å². The number of anilines is 1. The number of methoxy groups -OCH3 is 1. The Morgan fingerprint density at radius 1 is 1.00 bits per heavy atom. The van der Waals surface area contributed by atoms with Crippen LogP contribution in [-0.2, 0) is 22.6 Å². The molecule has 4 aromatic rings. The van der Waals surface area contributed by atoms with Crippen molar-refractivity contribution in [2.45, 2.75) is 39.4 Å². The van der Waals surface area contributed by atoms with Gasteiger partial charge in [0, 0.05) is 23.2 Å². The summed E-state index contributed by atoms with van der Waals surface area (Å²) in [6.07, 6.45) is 2.47. The van der Waals surface area contributed by atoms with Gasteiger partial charge >= 0.3 is 5.97 Å². The quantitative estimate of drug-likeness (QED) is 0.191. The first-order valence-corrected chi connectivity index (χ1v) is 15.4. The van der Waals surface area contributed by atoms with Gasteiger partial charge in [-0.25, -0.2) is 9.78 Å². The monoisotopic (exact) mass is 573 g/mol. The Kier molecular flexibility index (Phi) is 10.4. The number of para-hydroxylation sites is 1. The molecule has 3 aromatic carbocycles. The Labute approximate surface area is 244 Å². The average Bonchev–Trinajstić information content (AvgIpc) is 3.39. The molecule has 40 heavy (non-hydrogen) atoms. The number of benzene rings is 3. The highest BCUT2D eigenvalue weighted by molar-refractivity contribution is 7.98. The number of aromatic nitrogens is 1. The third-order valence-electron chi connectivity index (χ3n) is 6.68. The van der Waals surface area contributed by atoms with E-state index in [1.54, 1.807) is 23.1 Å². The number of esters is 1. The molecule has 0 aliphatic heterocycles. The van der Waals surface area contributed by atoms with Crippen molar-refractivity contribution in [3.05, 3.63) is 106 Å². The summed E-state index contributed by atoms with van der Waals surface area (Å²) in [4.78, 5) is 33.0. The number of nitrogens with zero attached hydrogens (tertiary/aromatic N) is 2. The standard InChI is InChI=1S/C32H35N3O3S2/c1-22-10-8-9-13-27(22)29-18-24(14-15-28(29)31(36)34-30(16-17-39-4)32(37)38-3)19-35(26-11-6-5-7-12-26)20-25-21-40-23(2)33-25/h5-15,18,21,30H,16-17,19-20H2,1-4H3,(H,34,36)/t30-/m0/s1. The van der Waals surface area contributed by atoms with Gasteiger partial charge < -0.3 is 15.0 Å². The lowest BCUT2D eigenvalue weighted by Crippen LogP contribution is -2.42. The molecule has 1 amide bonds. The van der Waals surface area contributed by atoms with Gasteiger partial charge in [0.1, 0.15) is 6.04 Å². The Morgan fingerprint density at radius 2 is 1.75 bits per heavy atom. The first-order valence-electron chi connectivity index (χ1n) is 13.2. The first-order chi connectivity index (χ1) is 19.4. The number of rotatable bonds is 12. The van der Waals surface area contributed by atoms with E-state index in [1.807, 2.05) is 74.7 Å². The van der Waals surface area contributed by atoms with E-state index in [-0.39, 0.29) is 5.91 Å². The van der Waals surface area contributed by atoms with Crippen LogP contribution in [0.2, 0.25) is 0 Å². The van der Waals surface area contributed by atoms with Crippen LogP contribution < -0.4 is 10.2 Å². The van der Waals surface area contributed by atoms with Gasteiger partial charge in [-0.15, -0.1) is 11.3 Å². The number of carbonyl (C=O) groups is 2. The molecule has 0 unspecified atom stereocenters. The van der Waals surface area contributed by atoms with E-state index in [9.17, 15) is 9.59 Å². The van der Waals surface area contributed by atoms with E-state index < -0.39 is 12.0 Å². The topological polar surface area (TPSA) is 71.5 Å². The second kappa shape index (κ2) is 14.1. The highest BCUT2D eigenvalue weighted by Gasteiger charge is 2.24. The Balaban J connectivity index is 1.70. The lowest BCUT2D eigenvalue weighted by atomic mass is 9.93. The smallest absolute Gasteiger partial charge is 0.328 e. The fourth-order valence-corrected chi connectivity index (χ4v) is 5.70. The molecular weight excluding hydrogens is 539 g/mol. The van der Waals surface area contributed by atoms with Crippen molar-refractivity contribution >= 4 is 40.7 Å². The summed E-state index contributed by atoms with van der Waals surface area (Å²) < 4.78 is 4.96. The van der Waals surface area contributed by atoms with Crippen molar-refractivity contribution in [3.63, 3.8) is 0 Å². The van der Waals surface area contributed by atoms with Crippen LogP contribution in [0.5, 0.6) is 0 Å². The first kappa shape index (κ1) is 29.4. The van der Waals surface area contributed by atoms with Gasteiger partial charge in [-0.1, -0.05) is 48.5 Å². The van der Waals surface area contributed by atoms with E-state index in [1.165, 1.54) is 7.11 Å². The lowest BCUT2D eigenvalue weighted by molar-refractivity contribution is -0.142. The molecule has 0 aliphatic carbocycles. The number of thiazole rings is 1. The predicted octanol–water partition coefficient (Wildman–Crippen LogP) is 6.66. The third-order valence-corrected chi connectivity index (χ3v) is 8.15. The van der Waals surface area contributed by atoms with Gasteiger partial charge in [0.25, 0.3) is 5.91 Å². The molecule has 0 spiro atoms. The zero-order valence-electron chi connectivity index (χ0n) is 23.3. The zero-order chi connectivity index (χ0) is 28.5. The maximum atomic E-state index is 13.6. The Hall–Kier alpha value is -3.62. The SMILES string of the molecule is COC(=O)[C@H](CCSC)NC(=O)c1ccc(CN(Cc2csc(C)n2)c2ccccc2)cc1-c1ccccc1C. The molecule has 1 N–H and O–H groups in total. The lowest BCUT2D eigenvalue weighted by Gasteiger charge is -2.25. The summed E-state index contributed by atoms with van der Waals surface area (Å²) in [5.41, 5.74) is 6.60. The van der Waals surface area contributed by atoms with Crippen LogP contribution in [-0.4, -0.2) is 42.0 Å². The molecule has 1 aromatic heterocycles. The van der Waals surface area contributed by atoms with Gasteiger partial charge in [0.05, 0.1) is 24.4 Å². The molecule has 0 fully saturated rings. The van der Waals surface area contributed by atoms with Crippen LogP contribution in [0.25, 0.3) is 11.1 Å². The van der Waals surface area contributed by atoms with Crippen molar-refractivity contribution in [2.24, 2.45) is 0 Å².